The monoisotopic (exact) mass is 229 g/mol. The SMILES string of the molecule is CCOc1ccc2c(c1)ncc1c(=O)[nH][nH]c12. The molecule has 17 heavy (non-hydrogen) atoms. The van der Waals surface area contributed by atoms with E-state index in [1.165, 1.54) is 0 Å². The average Bonchev–Trinajstić information content (AvgIpc) is 2.72. The smallest absolute Gasteiger partial charge is 0.273 e. The number of pyridine rings is 1. The van der Waals surface area contributed by atoms with Crippen LogP contribution in [0.3, 0.4) is 0 Å². The molecule has 0 aliphatic carbocycles. The number of hydrogen-bond donors (Lipinski definition) is 2. The maximum absolute atomic E-state index is 11.4. The molecule has 0 atom stereocenters. The molecule has 0 amide bonds. The fraction of sp³-hybridized carbons (Fsp3) is 0.167. The van der Waals surface area contributed by atoms with Crippen LogP contribution in [0.25, 0.3) is 21.8 Å². The van der Waals surface area contributed by atoms with E-state index in [0.29, 0.717) is 12.0 Å². The summed E-state index contributed by atoms with van der Waals surface area (Å²) in [4.78, 5) is 15.7. The van der Waals surface area contributed by atoms with Crippen molar-refractivity contribution in [3.05, 3.63) is 34.7 Å². The Morgan fingerprint density at radius 2 is 2.18 bits per heavy atom. The second-order valence-corrected chi connectivity index (χ2v) is 3.74. The van der Waals surface area contributed by atoms with Gasteiger partial charge in [-0.2, -0.15) is 0 Å². The lowest BCUT2D eigenvalue weighted by atomic mass is 10.1. The Kier molecular flexibility index (Phi) is 2.11. The van der Waals surface area contributed by atoms with E-state index < -0.39 is 0 Å². The van der Waals surface area contributed by atoms with Crippen molar-refractivity contribution >= 4 is 21.8 Å². The first-order chi connectivity index (χ1) is 8.29. The summed E-state index contributed by atoms with van der Waals surface area (Å²) in [6, 6.07) is 5.64. The van der Waals surface area contributed by atoms with Crippen molar-refractivity contribution < 1.29 is 4.74 Å². The molecule has 0 saturated heterocycles. The first kappa shape index (κ1) is 9.89. The van der Waals surface area contributed by atoms with E-state index in [2.05, 4.69) is 15.2 Å². The largest absolute Gasteiger partial charge is 0.494 e. The number of aromatic amines is 2. The summed E-state index contributed by atoms with van der Waals surface area (Å²) in [6.07, 6.45) is 1.57. The maximum atomic E-state index is 11.4. The zero-order valence-corrected chi connectivity index (χ0v) is 9.28. The Bertz CT molecular complexity index is 742. The number of H-pyrrole nitrogens is 2. The van der Waals surface area contributed by atoms with E-state index in [-0.39, 0.29) is 5.56 Å². The van der Waals surface area contributed by atoms with Gasteiger partial charge in [0.05, 0.1) is 23.0 Å². The predicted octanol–water partition coefficient (Wildman–Crippen LogP) is 1.80. The van der Waals surface area contributed by atoms with Gasteiger partial charge in [0.1, 0.15) is 5.75 Å². The molecule has 0 saturated carbocycles. The van der Waals surface area contributed by atoms with Crippen LogP contribution in [0.1, 0.15) is 6.92 Å². The number of ether oxygens (including phenoxy) is 1. The standard InChI is InChI=1S/C12H11N3O2/c1-2-17-7-3-4-8-10(5-7)13-6-9-11(8)14-15-12(9)16/h3-6H,2H2,1H3,(H2,14,15,16). The van der Waals surface area contributed by atoms with E-state index in [4.69, 9.17) is 4.74 Å². The van der Waals surface area contributed by atoms with Crippen LogP contribution in [-0.2, 0) is 0 Å². The summed E-state index contributed by atoms with van der Waals surface area (Å²) >= 11 is 0. The minimum Gasteiger partial charge on any atom is -0.494 e. The summed E-state index contributed by atoms with van der Waals surface area (Å²) in [6.45, 7) is 2.55. The number of benzene rings is 1. The highest BCUT2D eigenvalue weighted by Crippen LogP contribution is 2.23. The molecule has 3 aromatic rings. The van der Waals surface area contributed by atoms with Gasteiger partial charge in [-0.1, -0.05) is 0 Å². The van der Waals surface area contributed by atoms with Crippen molar-refractivity contribution in [2.24, 2.45) is 0 Å². The Labute approximate surface area is 96.4 Å². The molecule has 2 heterocycles. The molecule has 1 aromatic carbocycles. The van der Waals surface area contributed by atoms with Gasteiger partial charge in [0.15, 0.2) is 0 Å². The summed E-state index contributed by atoms with van der Waals surface area (Å²) in [5.74, 6) is 0.782. The zero-order valence-electron chi connectivity index (χ0n) is 9.28. The predicted molar refractivity (Wildman–Crippen MR) is 65.4 cm³/mol. The first-order valence-corrected chi connectivity index (χ1v) is 5.41. The Morgan fingerprint density at radius 3 is 3.00 bits per heavy atom. The van der Waals surface area contributed by atoms with Gasteiger partial charge in [0, 0.05) is 17.6 Å². The average molecular weight is 229 g/mol. The van der Waals surface area contributed by atoms with Crippen LogP contribution in [-0.4, -0.2) is 21.8 Å². The minimum atomic E-state index is -0.150. The van der Waals surface area contributed by atoms with Crippen LogP contribution in [0.2, 0.25) is 0 Å². The molecular formula is C12H11N3O2. The molecular weight excluding hydrogens is 218 g/mol. The summed E-state index contributed by atoms with van der Waals surface area (Å²) in [5.41, 5.74) is 1.44. The lowest BCUT2D eigenvalue weighted by Gasteiger charge is -2.04. The first-order valence-electron chi connectivity index (χ1n) is 5.41. The van der Waals surface area contributed by atoms with Crippen molar-refractivity contribution in [1.29, 1.82) is 0 Å². The second kappa shape index (κ2) is 3.62. The highest BCUT2D eigenvalue weighted by atomic mass is 16.5. The summed E-state index contributed by atoms with van der Waals surface area (Å²) in [5, 5.41) is 6.90. The Hall–Kier alpha value is -2.30. The highest BCUT2D eigenvalue weighted by molar-refractivity contribution is 6.02. The Morgan fingerprint density at radius 1 is 1.29 bits per heavy atom. The van der Waals surface area contributed by atoms with Gasteiger partial charge in [-0.25, -0.2) is 0 Å². The normalized spacial score (nSPS) is 11.1. The molecule has 0 fully saturated rings. The van der Waals surface area contributed by atoms with Gasteiger partial charge in [0.25, 0.3) is 5.56 Å². The summed E-state index contributed by atoms with van der Waals surface area (Å²) in [7, 11) is 0. The molecule has 86 valence electrons. The molecule has 3 rings (SSSR count). The molecule has 0 unspecified atom stereocenters. The number of nitrogens with zero attached hydrogens (tertiary/aromatic N) is 1. The van der Waals surface area contributed by atoms with Crippen molar-refractivity contribution in [2.75, 3.05) is 6.61 Å². The molecule has 2 N–H and O–H groups in total. The number of rotatable bonds is 2. The molecule has 5 heteroatoms. The van der Waals surface area contributed by atoms with Crippen molar-refractivity contribution in [1.82, 2.24) is 15.2 Å². The van der Waals surface area contributed by atoms with Crippen molar-refractivity contribution in [3.8, 4) is 5.75 Å². The van der Waals surface area contributed by atoms with Crippen LogP contribution in [0, 0.1) is 0 Å². The van der Waals surface area contributed by atoms with Crippen LogP contribution >= 0.6 is 0 Å². The van der Waals surface area contributed by atoms with Crippen molar-refractivity contribution in [3.63, 3.8) is 0 Å². The van der Waals surface area contributed by atoms with Gasteiger partial charge in [-0.05, 0) is 19.1 Å². The third-order valence-electron chi connectivity index (χ3n) is 2.70. The molecule has 5 nitrogen and oxygen atoms in total. The fourth-order valence-corrected chi connectivity index (χ4v) is 1.92. The topological polar surface area (TPSA) is 70.8 Å². The van der Waals surface area contributed by atoms with E-state index in [1.807, 2.05) is 25.1 Å². The lowest BCUT2D eigenvalue weighted by Crippen LogP contribution is -1.97. The van der Waals surface area contributed by atoms with E-state index >= 15 is 0 Å². The quantitative estimate of drug-likeness (QED) is 0.704. The van der Waals surface area contributed by atoms with E-state index in [9.17, 15) is 4.79 Å². The minimum absolute atomic E-state index is 0.150. The molecule has 0 spiro atoms. The van der Waals surface area contributed by atoms with Crippen LogP contribution < -0.4 is 10.3 Å². The van der Waals surface area contributed by atoms with E-state index in [1.54, 1.807) is 6.20 Å². The highest BCUT2D eigenvalue weighted by Gasteiger charge is 2.07. The Balaban J connectivity index is 2.33. The lowest BCUT2D eigenvalue weighted by molar-refractivity contribution is 0.340. The van der Waals surface area contributed by atoms with Crippen molar-refractivity contribution in [2.45, 2.75) is 6.92 Å². The number of hydrogen-bond acceptors (Lipinski definition) is 3. The van der Waals surface area contributed by atoms with Crippen LogP contribution in [0.5, 0.6) is 5.75 Å². The third-order valence-corrected chi connectivity index (χ3v) is 2.70. The number of nitrogens with one attached hydrogen (secondary N) is 2. The van der Waals surface area contributed by atoms with Gasteiger partial charge in [-0.15, -0.1) is 0 Å². The van der Waals surface area contributed by atoms with E-state index in [0.717, 1.165) is 22.2 Å². The fourth-order valence-electron chi connectivity index (χ4n) is 1.92. The molecule has 2 aromatic heterocycles. The summed E-state index contributed by atoms with van der Waals surface area (Å²) < 4.78 is 5.41. The number of fused-ring (bicyclic) bond motifs is 3. The molecule has 0 aliphatic rings. The van der Waals surface area contributed by atoms with Crippen LogP contribution in [0.15, 0.2) is 29.2 Å². The second-order valence-electron chi connectivity index (χ2n) is 3.74. The molecule has 0 radical (unpaired) electrons. The van der Waals surface area contributed by atoms with Gasteiger partial charge < -0.3 is 4.74 Å². The maximum Gasteiger partial charge on any atom is 0.273 e. The zero-order chi connectivity index (χ0) is 11.8. The third kappa shape index (κ3) is 1.47. The van der Waals surface area contributed by atoms with Gasteiger partial charge >= 0.3 is 0 Å². The molecule has 0 bridgehead atoms. The van der Waals surface area contributed by atoms with Crippen LogP contribution in [0.4, 0.5) is 0 Å². The number of aromatic nitrogens is 3. The van der Waals surface area contributed by atoms with Gasteiger partial charge in [0.2, 0.25) is 0 Å². The molecule has 0 aliphatic heterocycles. The van der Waals surface area contributed by atoms with Gasteiger partial charge in [-0.3, -0.25) is 20.0 Å².